The summed E-state index contributed by atoms with van der Waals surface area (Å²) < 4.78 is 0. The number of rotatable bonds is 2. The maximum absolute atomic E-state index is 4.79. The molecule has 0 unspecified atom stereocenters. The van der Waals surface area contributed by atoms with Gasteiger partial charge in [-0.05, 0) is 36.9 Å². The Morgan fingerprint density at radius 2 is 1.68 bits per heavy atom. The first-order chi connectivity index (χ1) is 9.28. The average Bonchev–Trinajstić information content (AvgIpc) is 2.47. The van der Waals surface area contributed by atoms with Crippen LogP contribution in [0.1, 0.15) is 5.56 Å². The number of fused-ring (bicyclic) bond motifs is 1. The van der Waals surface area contributed by atoms with Crippen LogP contribution < -0.4 is 0 Å². The fourth-order valence-corrected chi connectivity index (χ4v) is 2.63. The Hall–Kier alpha value is -1.80. The van der Waals surface area contributed by atoms with Crippen molar-refractivity contribution in [1.82, 2.24) is 4.98 Å². The Morgan fingerprint density at radius 1 is 0.895 bits per heavy atom. The van der Waals surface area contributed by atoms with E-state index in [9.17, 15) is 0 Å². The number of hydrogen-bond donors (Lipinski definition) is 0. The number of aryl methyl sites for hydroxylation is 1. The standard InChI is InChI=1S/C17H15NS/c1-12-4-3-5-14-8-11-16(18-17(12)14)13-6-9-15(19-2)10-7-13/h3-11H,1-2H3. The van der Waals surface area contributed by atoms with Gasteiger partial charge < -0.3 is 0 Å². The van der Waals surface area contributed by atoms with Crippen LogP contribution in [0.4, 0.5) is 0 Å². The number of pyridine rings is 1. The predicted molar refractivity (Wildman–Crippen MR) is 83.7 cm³/mol. The highest BCUT2D eigenvalue weighted by Gasteiger charge is 2.03. The summed E-state index contributed by atoms with van der Waals surface area (Å²) >= 11 is 1.76. The normalized spacial score (nSPS) is 10.8. The molecule has 0 saturated heterocycles. The van der Waals surface area contributed by atoms with E-state index in [0.717, 1.165) is 11.2 Å². The molecule has 0 atom stereocenters. The quantitative estimate of drug-likeness (QED) is 0.609. The summed E-state index contributed by atoms with van der Waals surface area (Å²) in [5.74, 6) is 0. The van der Waals surface area contributed by atoms with E-state index in [1.807, 2.05) is 0 Å². The van der Waals surface area contributed by atoms with E-state index in [1.54, 1.807) is 11.8 Å². The van der Waals surface area contributed by atoms with Gasteiger partial charge in [0.25, 0.3) is 0 Å². The van der Waals surface area contributed by atoms with Crippen LogP contribution in [0.15, 0.2) is 59.5 Å². The van der Waals surface area contributed by atoms with Gasteiger partial charge in [-0.2, -0.15) is 0 Å². The molecular formula is C17H15NS. The van der Waals surface area contributed by atoms with Crippen LogP contribution in [0.25, 0.3) is 22.2 Å². The van der Waals surface area contributed by atoms with Crippen molar-refractivity contribution >= 4 is 22.7 Å². The fourth-order valence-electron chi connectivity index (χ4n) is 2.22. The third kappa shape index (κ3) is 2.36. The van der Waals surface area contributed by atoms with Crippen molar-refractivity contribution in [2.45, 2.75) is 11.8 Å². The highest BCUT2D eigenvalue weighted by atomic mass is 32.2. The molecule has 0 spiro atoms. The van der Waals surface area contributed by atoms with Crippen LogP contribution in [-0.4, -0.2) is 11.2 Å². The third-order valence-corrected chi connectivity index (χ3v) is 4.05. The first-order valence-electron chi connectivity index (χ1n) is 6.29. The van der Waals surface area contributed by atoms with E-state index < -0.39 is 0 Å². The van der Waals surface area contributed by atoms with Gasteiger partial charge in [-0.3, -0.25) is 0 Å². The van der Waals surface area contributed by atoms with Gasteiger partial charge in [0.05, 0.1) is 11.2 Å². The van der Waals surface area contributed by atoms with E-state index >= 15 is 0 Å². The molecule has 3 rings (SSSR count). The maximum atomic E-state index is 4.79. The van der Waals surface area contributed by atoms with E-state index in [-0.39, 0.29) is 0 Å². The summed E-state index contributed by atoms with van der Waals surface area (Å²) in [5.41, 5.74) is 4.52. The van der Waals surface area contributed by atoms with Gasteiger partial charge in [-0.1, -0.05) is 36.4 Å². The predicted octanol–water partition coefficient (Wildman–Crippen LogP) is 4.93. The van der Waals surface area contributed by atoms with Gasteiger partial charge in [0, 0.05) is 15.8 Å². The molecule has 2 aromatic carbocycles. The molecule has 0 fully saturated rings. The van der Waals surface area contributed by atoms with Crippen molar-refractivity contribution in [3.05, 3.63) is 60.2 Å². The summed E-state index contributed by atoms with van der Waals surface area (Å²) in [5, 5.41) is 1.20. The zero-order chi connectivity index (χ0) is 13.2. The molecule has 0 amide bonds. The Morgan fingerprint density at radius 3 is 2.42 bits per heavy atom. The molecule has 0 N–H and O–H groups in total. The van der Waals surface area contributed by atoms with Gasteiger partial charge >= 0.3 is 0 Å². The van der Waals surface area contributed by atoms with Gasteiger partial charge in [0.2, 0.25) is 0 Å². The molecule has 1 aromatic heterocycles. The second-order valence-electron chi connectivity index (χ2n) is 4.57. The number of para-hydroxylation sites is 1. The van der Waals surface area contributed by atoms with Crippen molar-refractivity contribution in [3.63, 3.8) is 0 Å². The van der Waals surface area contributed by atoms with Gasteiger partial charge in [-0.25, -0.2) is 4.98 Å². The third-order valence-electron chi connectivity index (χ3n) is 3.31. The zero-order valence-electron chi connectivity index (χ0n) is 11.1. The second kappa shape index (κ2) is 5.06. The van der Waals surface area contributed by atoms with Crippen molar-refractivity contribution in [3.8, 4) is 11.3 Å². The molecule has 2 heteroatoms. The maximum Gasteiger partial charge on any atom is 0.0738 e. The van der Waals surface area contributed by atoms with Crippen molar-refractivity contribution < 1.29 is 0 Å². The summed E-state index contributed by atoms with van der Waals surface area (Å²) in [6, 6.07) is 19.1. The second-order valence-corrected chi connectivity index (χ2v) is 5.45. The van der Waals surface area contributed by atoms with Gasteiger partial charge in [0.15, 0.2) is 0 Å². The molecule has 1 nitrogen and oxygen atoms in total. The summed E-state index contributed by atoms with van der Waals surface area (Å²) in [6.07, 6.45) is 2.09. The molecular weight excluding hydrogens is 250 g/mol. The lowest BCUT2D eigenvalue weighted by atomic mass is 10.1. The molecule has 0 aliphatic rings. The molecule has 19 heavy (non-hydrogen) atoms. The van der Waals surface area contributed by atoms with Crippen molar-refractivity contribution in [2.75, 3.05) is 6.26 Å². The SMILES string of the molecule is CSc1ccc(-c2ccc3cccc(C)c3n2)cc1. The highest BCUT2D eigenvalue weighted by Crippen LogP contribution is 2.24. The van der Waals surface area contributed by atoms with Gasteiger partial charge in [0.1, 0.15) is 0 Å². The zero-order valence-corrected chi connectivity index (χ0v) is 11.9. The number of benzene rings is 2. The molecule has 0 aliphatic carbocycles. The van der Waals surface area contributed by atoms with E-state index in [4.69, 9.17) is 4.98 Å². The number of nitrogens with zero attached hydrogens (tertiary/aromatic N) is 1. The Balaban J connectivity index is 2.11. The average molecular weight is 265 g/mol. The molecule has 0 radical (unpaired) electrons. The van der Waals surface area contributed by atoms with E-state index in [0.29, 0.717) is 0 Å². The van der Waals surface area contributed by atoms with Crippen LogP contribution in [0.5, 0.6) is 0 Å². The minimum atomic E-state index is 1.04. The lowest BCUT2D eigenvalue weighted by Crippen LogP contribution is -1.87. The molecule has 0 saturated carbocycles. The Bertz CT molecular complexity index is 717. The van der Waals surface area contributed by atoms with E-state index in [2.05, 4.69) is 67.8 Å². The van der Waals surface area contributed by atoms with Crippen LogP contribution in [0, 0.1) is 6.92 Å². The van der Waals surface area contributed by atoms with E-state index in [1.165, 1.54) is 21.4 Å². The smallest absolute Gasteiger partial charge is 0.0738 e. The lowest BCUT2D eigenvalue weighted by molar-refractivity contribution is 1.35. The minimum Gasteiger partial charge on any atom is -0.248 e. The largest absolute Gasteiger partial charge is 0.248 e. The molecule has 3 aromatic rings. The summed E-state index contributed by atoms with van der Waals surface area (Å²) in [4.78, 5) is 6.07. The highest BCUT2D eigenvalue weighted by molar-refractivity contribution is 7.98. The summed E-state index contributed by atoms with van der Waals surface area (Å²) in [7, 11) is 0. The molecule has 0 aliphatic heterocycles. The molecule has 94 valence electrons. The van der Waals surface area contributed by atoms with Crippen LogP contribution in [0.3, 0.4) is 0 Å². The van der Waals surface area contributed by atoms with Crippen LogP contribution in [0.2, 0.25) is 0 Å². The van der Waals surface area contributed by atoms with Crippen LogP contribution >= 0.6 is 11.8 Å². The number of aromatic nitrogens is 1. The monoisotopic (exact) mass is 265 g/mol. The Labute approximate surface area is 117 Å². The lowest BCUT2D eigenvalue weighted by Gasteiger charge is -2.06. The fraction of sp³-hybridized carbons (Fsp3) is 0.118. The van der Waals surface area contributed by atoms with Crippen LogP contribution in [-0.2, 0) is 0 Å². The first-order valence-corrected chi connectivity index (χ1v) is 7.51. The number of thioether (sulfide) groups is 1. The minimum absolute atomic E-state index is 1.04. The van der Waals surface area contributed by atoms with Gasteiger partial charge in [-0.15, -0.1) is 11.8 Å². The summed E-state index contributed by atoms with van der Waals surface area (Å²) in [6.45, 7) is 2.11. The first kappa shape index (κ1) is 12.2. The Kier molecular flexibility index (Phi) is 3.26. The molecule has 0 bridgehead atoms. The molecule has 1 heterocycles. The topological polar surface area (TPSA) is 12.9 Å². The number of hydrogen-bond acceptors (Lipinski definition) is 2. The van der Waals surface area contributed by atoms with Crippen molar-refractivity contribution in [1.29, 1.82) is 0 Å². The van der Waals surface area contributed by atoms with Crippen molar-refractivity contribution in [2.24, 2.45) is 0 Å².